The van der Waals surface area contributed by atoms with Gasteiger partial charge in [-0.3, -0.25) is 14.2 Å². The molecule has 0 bridgehead atoms. The number of fused-ring (bicyclic) bond motifs is 1. The fourth-order valence-electron chi connectivity index (χ4n) is 3.97. The first-order chi connectivity index (χ1) is 17.1. The average Bonchev–Trinajstić information content (AvgIpc) is 3.41. The smallest absolute Gasteiger partial charge is 0.262 e. The van der Waals surface area contributed by atoms with Crippen molar-refractivity contribution in [1.82, 2.24) is 9.55 Å². The zero-order chi connectivity index (χ0) is 24.2. The number of thioether (sulfide) groups is 1. The quantitative estimate of drug-likeness (QED) is 0.309. The summed E-state index contributed by atoms with van der Waals surface area (Å²) >= 11 is 1.25. The van der Waals surface area contributed by atoms with Gasteiger partial charge in [-0.2, -0.15) is 0 Å². The minimum absolute atomic E-state index is 0.166. The van der Waals surface area contributed by atoms with Crippen molar-refractivity contribution >= 4 is 39.9 Å². The van der Waals surface area contributed by atoms with Gasteiger partial charge >= 0.3 is 0 Å². The van der Waals surface area contributed by atoms with Crippen molar-refractivity contribution in [2.24, 2.45) is 0 Å². The number of hydrogen-bond donors (Lipinski definition) is 1. The lowest BCUT2D eigenvalue weighted by molar-refractivity contribution is -0.115. The number of aromatic nitrogens is 2. The predicted octanol–water partition coefficient (Wildman–Crippen LogP) is 3.99. The van der Waals surface area contributed by atoms with E-state index in [1.54, 1.807) is 36.0 Å². The van der Waals surface area contributed by atoms with Crippen molar-refractivity contribution in [1.29, 1.82) is 0 Å². The second kappa shape index (κ2) is 10.4. The number of benzene rings is 2. The van der Waals surface area contributed by atoms with Gasteiger partial charge in [0, 0.05) is 24.5 Å². The molecule has 3 heterocycles. The maximum Gasteiger partial charge on any atom is 0.262 e. The van der Waals surface area contributed by atoms with E-state index in [-0.39, 0.29) is 18.0 Å². The number of morpholine rings is 1. The van der Waals surface area contributed by atoms with E-state index in [4.69, 9.17) is 14.1 Å². The first-order valence-electron chi connectivity index (χ1n) is 11.5. The van der Waals surface area contributed by atoms with Crippen LogP contribution in [0.15, 0.2) is 81.3 Å². The van der Waals surface area contributed by atoms with Crippen molar-refractivity contribution in [3.8, 4) is 0 Å². The summed E-state index contributed by atoms with van der Waals surface area (Å²) in [6, 6.07) is 18.6. The van der Waals surface area contributed by atoms with Crippen LogP contribution in [-0.4, -0.2) is 47.0 Å². The number of anilines is 2. The third-order valence-corrected chi connectivity index (χ3v) is 6.97. The van der Waals surface area contributed by atoms with Crippen LogP contribution in [0.2, 0.25) is 0 Å². The number of nitrogens with zero attached hydrogens (tertiary/aromatic N) is 3. The maximum atomic E-state index is 13.2. The molecule has 1 atom stereocenters. The lowest BCUT2D eigenvalue weighted by Crippen LogP contribution is -2.36. The van der Waals surface area contributed by atoms with Crippen LogP contribution in [-0.2, 0) is 16.1 Å². The Morgan fingerprint density at radius 1 is 1.09 bits per heavy atom. The Bertz CT molecular complexity index is 1360. The number of rotatable bonds is 7. The molecule has 1 fully saturated rings. The van der Waals surface area contributed by atoms with Gasteiger partial charge in [0.05, 0.1) is 42.2 Å². The Balaban J connectivity index is 1.33. The zero-order valence-electron chi connectivity index (χ0n) is 19.3. The number of ether oxygens (including phenoxy) is 1. The molecule has 4 aromatic rings. The molecule has 2 aromatic heterocycles. The maximum absolute atomic E-state index is 13.2. The second-order valence-electron chi connectivity index (χ2n) is 8.28. The molecule has 8 nitrogen and oxygen atoms in total. The fourth-order valence-corrected chi connectivity index (χ4v) is 4.88. The summed E-state index contributed by atoms with van der Waals surface area (Å²) in [7, 11) is 0. The molecule has 1 aliphatic rings. The number of carbonyl (C=O) groups excluding carboxylic acids is 1. The molecule has 1 saturated heterocycles. The molecule has 5 rings (SSSR count). The summed E-state index contributed by atoms with van der Waals surface area (Å²) in [5.74, 6) is 0.476. The van der Waals surface area contributed by atoms with Crippen LogP contribution >= 0.6 is 11.8 Å². The lowest BCUT2D eigenvalue weighted by atomic mass is 10.2. The minimum Gasteiger partial charge on any atom is -0.467 e. The summed E-state index contributed by atoms with van der Waals surface area (Å²) in [6.07, 6.45) is 1.57. The molecule has 35 heavy (non-hydrogen) atoms. The summed E-state index contributed by atoms with van der Waals surface area (Å²) in [5, 5.41) is 3.49. The van der Waals surface area contributed by atoms with E-state index in [0.717, 1.165) is 37.7 Å². The van der Waals surface area contributed by atoms with Crippen LogP contribution in [0.3, 0.4) is 0 Å². The Hall–Kier alpha value is -3.56. The lowest BCUT2D eigenvalue weighted by Gasteiger charge is -2.28. The van der Waals surface area contributed by atoms with Gasteiger partial charge in [0.1, 0.15) is 5.76 Å². The molecule has 0 radical (unpaired) electrons. The van der Waals surface area contributed by atoms with Crippen LogP contribution in [0.4, 0.5) is 11.4 Å². The molecule has 1 aliphatic heterocycles. The summed E-state index contributed by atoms with van der Waals surface area (Å²) < 4.78 is 12.4. The molecular formula is C26H26N4O4S. The molecule has 1 unspecified atom stereocenters. The molecule has 1 N–H and O–H groups in total. The summed E-state index contributed by atoms with van der Waals surface area (Å²) in [5.41, 5.74) is 2.26. The monoisotopic (exact) mass is 490 g/mol. The van der Waals surface area contributed by atoms with Crippen LogP contribution in [0.25, 0.3) is 10.9 Å². The third kappa shape index (κ3) is 5.26. The normalized spacial score (nSPS) is 14.7. The molecule has 2 aromatic carbocycles. The molecule has 0 spiro atoms. The van der Waals surface area contributed by atoms with Crippen molar-refractivity contribution in [3.05, 3.63) is 83.0 Å². The van der Waals surface area contributed by atoms with E-state index in [9.17, 15) is 9.59 Å². The van der Waals surface area contributed by atoms with Gasteiger partial charge in [0.2, 0.25) is 5.91 Å². The van der Waals surface area contributed by atoms with Crippen molar-refractivity contribution in [3.63, 3.8) is 0 Å². The molecule has 0 saturated carbocycles. The van der Waals surface area contributed by atoms with Gasteiger partial charge in [0.25, 0.3) is 5.56 Å². The number of para-hydroxylation sites is 1. The first kappa shape index (κ1) is 23.2. The molecule has 9 heteroatoms. The topological polar surface area (TPSA) is 89.6 Å². The fraction of sp³-hybridized carbons (Fsp3) is 0.269. The van der Waals surface area contributed by atoms with Gasteiger partial charge in [-0.15, -0.1) is 0 Å². The summed E-state index contributed by atoms with van der Waals surface area (Å²) in [4.78, 5) is 33.2. The SMILES string of the molecule is CC(Sc1nc2ccccc2c(=O)n1Cc1ccco1)C(=O)Nc1ccc(N2CCOCC2)cc1. The van der Waals surface area contributed by atoms with Crippen molar-refractivity contribution in [2.75, 3.05) is 36.5 Å². The Labute approximate surface area is 206 Å². The number of carbonyl (C=O) groups is 1. The number of furan rings is 1. The highest BCUT2D eigenvalue weighted by atomic mass is 32.2. The Morgan fingerprint density at radius 2 is 1.86 bits per heavy atom. The van der Waals surface area contributed by atoms with Crippen molar-refractivity contribution in [2.45, 2.75) is 23.9 Å². The Kier molecular flexibility index (Phi) is 6.87. The zero-order valence-corrected chi connectivity index (χ0v) is 20.2. The third-order valence-electron chi connectivity index (χ3n) is 5.88. The van der Waals surface area contributed by atoms with Crippen LogP contribution in [0.5, 0.6) is 0 Å². The highest BCUT2D eigenvalue weighted by molar-refractivity contribution is 8.00. The molecule has 0 aliphatic carbocycles. The standard InChI is InChI=1S/C26H26N4O4S/c1-18(24(31)27-19-8-10-20(11-9-19)29-12-15-33-16-13-29)35-26-28-23-7-3-2-6-22(23)25(32)30(26)17-21-5-4-14-34-21/h2-11,14,18H,12-13,15-17H2,1H3,(H,27,31). The number of nitrogens with one attached hydrogen (secondary N) is 1. The molecule has 180 valence electrons. The van der Waals surface area contributed by atoms with E-state index < -0.39 is 5.25 Å². The number of hydrogen-bond acceptors (Lipinski definition) is 7. The van der Waals surface area contributed by atoms with Crippen LogP contribution < -0.4 is 15.8 Å². The van der Waals surface area contributed by atoms with Crippen LogP contribution in [0, 0.1) is 0 Å². The predicted molar refractivity (Wildman–Crippen MR) is 137 cm³/mol. The van der Waals surface area contributed by atoms with Gasteiger partial charge in [-0.05, 0) is 55.5 Å². The average molecular weight is 491 g/mol. The summed E-state index contributed by atoms with van der Waals surface area (Å²) in [6.45, 7) is 5.21. The van der Waals surface area contributed by atoms with Gasteiger partial charge in [-0.25, -0.2) is 4.98 Å². The molecular weight excluding hydrogens is 464 g/mol. The first-order valence-corrected chi connectivity index (χ1v) is 12.4. The highest BCUT2D eigenvalue weighted by Crippen LogP contribution is 2.25. The Morgan fingerprint density at radius 3 is 2.60 bits per heavy atom. The highest BCUT2D eigenvalue weighted by Gasteiger charge is 2.20. The van der Waals surface area contributed by atoms with Crippen molar-refractivity contribution < 1.29 is 13.9 Å². The van der Waals surface area contributed by atoms with E-state index >= 15 is 0 Å². The van der Waals surface area contributed by atoms with Gasteiger partial charge in [0.15, 0.2) is 5.16 Å². The van der Waals surface area contributed by atoms with Gasteiger partial charge in [-0.1, -0.05) is 23.9 Å². The van der Waals surface area contributed by atoms with Crippen LogP contribution in [0.1, 0.15) is 12.7 Å². The minimum atomic E-state index is -0.482. The van der Waals surface area contributed by atoms with E-state index in [2.05, 4.69) is 10.2 Å². The van der Waals surface area contributed by atoms with Gasteiger partial charge < -0.3 is 19.4 Å². The number of amides is 1. The molecule has 1 amide bonds. The second-order valence-corrected chi connectivity index (χ2v) is 9.59. The van der Waals surface area contributed by atoms with E-state index in [1.165, 1.54) is 11.8 Å². The van der Waals surface area contributed by atoms with E-state index in [1.807, 2.05) is 42.5 Å². The van der Waals surface area contributed by atoms with E-state index in [0.29, 0.717) is 21.8 Å². The largest absolute Gasteiger partial charge is 0.467 e.